The minimum atomic E-state index is -0.501. The average molecular weight is 263 g/mol. The molecule has 94 valence electrons. The summed E-state index contributed by atoms with van der Waals surface area (Å²) in [6.07, 6.45) is 3.47. The summed E-state index contributed by atoms with van der Waals surface area (Å²) in [4.78, 5) is 4.56. The number of aromatic nitrogens is 1. The maximum absolute atomic E-state index is 13.4. The Hall–Kier alpha value is -1.39. The van der Waals surface area contributed by atoms with Crippen LogP contribution in [-0.4, -0.2) is 21.9 Å². The van der Waals surface area contributed by atoms with Crippen LogP contribution in [0.5, 0.6) is 0 Å². The number of thioether (sulfide) groups is 1. The Bertz CT molecular complexity index is 492. The summed E-state index contributed by atoms with van der Waals surface area (Å²) in [7, 11) is 0. The average Bonchev–Trinajstić information content (AvgIpc) is 2.39. The number of hydrogen-bond acceptors (Lipinski definition) is 3. The van der Waals surface area contributed by atoms with Crippen LogP contribution in [0, 0.1) is 5.82 Å². The second kappa shape index (κ2) is 6.52. The van der Waals surface area contributed by atoms with Crippen molar-refractivity contribution in [1.82, 2.24) is 4.98 Å². The van der Waals surface area contributed by atoms with Crippen LogP contribution in [0.2, 0.25) is 0 Å². The third kappa shape index (κ3) is 3.82. The zero-order valence-corrected chi connectivity index (χ0v) is 10.6. The molecule has 1 aromatic heterocycles. The van der Waals surface area contributed by atoms with Crippen molar-refractivity contribution in [2.45, 2.75) is 17.4 Å². The largest absolute Gasteiger partial charge is 0.392 e. The van der Waals surface area contributed by atoms with Crippen molar-refractivity contribution in [3.63, 3.8) is 0 Å². The van der Waals surface area contributed by atoms with E-state index in [1.807, 2.05) is 12.1 Å². The summed E-state index contributed by atoms with van der Waals surface area (Å²) >= 11 is 1.33. The predicted octanol–water partition coefficient (Wildman–Crippen LogP) is 2.92. The molecule has 0 aliphatic carbocycles. The summed E-state index contributed by atoms with van der Waals surface area (Å²) < 4.78 is 13.4. The van der Waals surface area contributed by atoms with Gasteiger partial charge < -0.3 is 5.11 Å². The van der Waals surface area contributed by atoms with Crippen LogP contribution < -0.4 is 0 Å². The third-order valence-electron chi connectivity index (χ3n) is 2.46. The van der Waals surface area contributed by atoms with Gasteiger partial charge in [0.1, 0.15) is 5.82 Å². The van der Waals surface area contributed by atoms with Crippen LogP contribution >= 0.6 is 11.8 Å². The number of nitrogens with zero attached hydrogens (tertiary/aromatic N) is 1. The molecule has 2 rings (SSSR count). The molecule has 2 aromatic rings. The first kappa shape index (κ1) is 13.1. The van der Waals surface area contributed by atoms with Gasteiger partial charge in [0, 0.05) is 29.5 Å². The Morgan fingerprint density at radius 1 is 1.22 bits per heavy atom. The standard InChI is InChI=1S/C14H14FNOS/c15-13-5-1-2-6-14(13)18-10-12(17)8-11-4-3-7-16-9-11/h1-7,9,12,17H,8,10H2. The van der Waals surface area contributed by atoms with Gasteiger partial charge >= 0.3 is 0 Å². The predicted molar refractivity (Wildman–Crippen MR) is 71.1 cm³/mol. The number of benzene rings is 1. The number of halogens is 1. The molecule has 18 heavy (non-hydrogen) atoms. The number of aliphatic hydroxyl groups is 1. The van der Waals surface area contributed by atoms with Crippen LogP contribution in [0.25, 0.3) is 0 Å². The molecule has 0 aliphatic rings. The molecular weight excluding hydrogens is 249 g/mol. The van der Waals surface area contributed by atoms with E-state index < -0.39 is 6.10 Å². The highest BCUT2D eigenvalue weighted by atomic mass is 32.2. The molecule has 0 spiro atoms. The number of pyridine rings is 1. The van der Waals surface area contributed by atoms with Gasteiger partial charge in [-0.25, -0.2) is 4.39 Å². The zero-order valence-electron chi connectivity index (χ0n) is 9.79. The fourth-order valence-corrected chi connectivity index (χ4v) is 2.47. The van der Waals surface area contributed by atoms with Crippen molar-refractivity contribution < 1.29 is 9.50 Å². The second-order valence-corrected chi connectivity index (χ2v) is 5.02. The smallest absolute Gasteiger partial charge is 0.136 e. The van der Waals surface area contributed by atoms with Crippen LogP contribution in [-0.2, 0) is 6.42 Å². The summed E-state index contributed by atoms with van der Waals surface area (Å²) in [5.41, 5.74) is 0.985. The number of hydrogen-bond donors (Lipinski definition) is 1. The number of rotatable bonds is 5. The highest BCUT2D eigenvalue weighted by Gasteiger charge is 2.08. The minimum Gasteiger partial charge on any atom is -0.392 e. The molecule has 1 N–H and O–H groups in total. The van der Waals surface area contributed by atoms with Crippen molar-refractivity contribution in [3.8, 4) is 0 Å². The lowest BCUT2D eigenvalue weighted by Crippen LogP contribution is -2.13. The fraction of sp³-hybridized carbons (Fsp3) is 0.214. The van der Waals surface area contributed by atoms with E-state index >= 15 is 0 Å². The van der Waals surface area contributed by atoms with E-state index in [2.05, 4.69) is 4.98 Å². The molecule has 0 aliphatic heterocycles. The minimum absolute atomic E-state index is 0.240. The van der Waals surface area contributed by atoms with Gasteiger partial charge in [0.05, 0.1) is 6.10 Å². The summed E-state index contributed by atoms with van der Waals surface area (Å²) in [5.74, 6) is 0.228. The Balaban J connectivity index is 1.86. The summed E-state index contributed by atoms with van der Waals surface area (Å²) in [5, 5.41) is 9.88. The molecule has 1 heterocycles. The first-order valence-electron chi connectivity index (χ1n) is 5.70. The molecule has 0 bridgehead atoms. The van der Waals surface area contributed by atoms with E-state index in [9.17, 15) is 9.50 Å². The Labute approximate surface area is 110 Å². The monoisotopic (exact) mass is 263 g/mol. The van der Waals surface area contributed by atoms with Gasteiger partial charge in [-0.3, -0.25) is 4.98 Å². The quantitative estimate of drug-likeness (QED) is 0.842. The van der Waals surface area contributed by atoms with Crippen LogP contribution in [0.4, 0.5) is 4.39 Å². The van der Waals surface area contributed by atoms with Gasteiger partial charge in [0.15, 0.2) is 0 Å². The second-order valence-electron chi connectivity index (χ2n) is 3.96. The van der Waals surface area contributed by atoms with Crippen molar-refractivity contribution in [2.24, 2.45) is 0 Å². The van der Waals surface area contributed by atoms with Gasteiger partial charge in [0.25, 0.3) is 0 Å². The van der Waals surface area contributed by atoms with E-state index in [0.717, 1.165) is 5.56 Å². The van der Waals surface area contributed by atoms with Gasteiger partial charge in [0.2, 0.25) is 0 Å². The fourth-order valence-electron chi connectivity index (χ4n) is 1.60. The highest BCUT2D eigenvalue weighted by Crippen LogP contribution is 2.22. The van der Waals surface area contributed by atoms with Gasteiger partial charge in [-0.1, -0.05) is 18.2 Å². The van der Waals surface area contributed by atoms with Crippen molar-refractivity contribution in [1.29, 1.82) is 0 Å². The maximum Gasteiger partial charge on any atom is 0.136 e. The summed E-state index contributed by atoms with van der Waals surface area (Å²) in [6, 6.07) is 10.4. The van der Waals surface area contributed by atoms with Gasteiger partial charge in [-0.2, -0.15) is 0 Å². The van der Waals surface area contributed by atoms with Crippen LogP contribution in [0.15, 0.2) is 53.7 Å². The van der Waals surface area contributed by atoms with Crippen molar-refractivity contribution >= 4 is 11.8 Å². The molecule has 0 radical (unpaired) electrons. The van der Waals surface area contributed by atoms with E-state index in [1.165, 1.54) is 17.8 Å². The molecule has 0 saturated carbocycles. The lowest BCUT2D eigenvalue weighted by molar-refractivity contribution is 0.200. The molecule has 4 heteroatoms. The van der Waals surface area contributed by atoms with Gasteiger partial charge in [-0.05, 0) is 23.8 Å². The Morgan fingerprint density at radius 2 is 2.06 bits per heavy atom. The van der Waals surface area contributed by atoms with Crippen molar-refractivity contribution in [3.05, 3.63) is 60.2 Å². The highest BCUT2D eigenvalue weighted by molar-refractivity contribution is 7.99. The van der Waals surface area contributed by atoms with E-state index in [4.69, 9.17) is 0 Å². The molecule has 0 fully saturated rings. The lowest BCUT2D eigenvalue weighted by Gasteiger charge is -2.10. The Morgan fingerprint density at radius 3 is 2.78 bits per heavy atom. The molecule has 0 amide bonds. The number of aliphatic hydroxyl groups excluding tert-OH is 1. The van der Waals surface area contributed by atoms with Crippen LogP contribution in [0.3, 0.4) is 0 Å². The molecule has 1 aromatic carbocycles. The van der Waals surface area contributed by atoms with Crippen molar-refractivity contribution in [2.75, 3.05) is 5.75 Å². The maximum atomic E-state index is 13.4. The molecule has 0 saturated heterocycles. The van der Waals surface area contributed by atoms with Gasteiger partial charge in [-0.15, -0.1) is 11.8 Å². The lowest BCUT2D eigenvalue weighted by atomic mass is 10.1. The Kier molecular flexibility index (Phi) is 4.73. The normalized spacial score (nSPS) is 12.3. The van der Waals surface area contributed by atoms with E-state index in [0.29, 0.717) is 17.1 Å². The first-order valence-corrected chi connectivity index (χ1v) is 6.68. The van der Waals surface area contributed by atoms with E-state index in [-0.39, 0.29) is 5.82 Å². The van der Waals surface area contributed by atoms with Crippen LogP contribution in [0.1, 0.15) is 5.56 Å². The summed E-state index contributed by atoms with van der Waals surface area (Å²) in [6.45, 7) is 0. The topological polar surface area (TPSA) is 33.1 Å². The first-order chi connectivity index (χ1) is 8.75. The molecular formula is C14H14FNOS. The molecule has 1 atom stereocenters. The van der Waals surface area contributed by atoms with E-state index in [1.54, 1.807) is 30.6 Å². The zero-order chi connectivity index (χ0) is 12.8. The molecule has 1 unspecified atom stereocenters. The molecule has 2 nitrogen and oxygen atoms in total. The third-order valence-corrected chi connectivity index (χ3v) is 3.66. The SMILES string of the molecule is OC(CSc1ccccc1F)Cc1cccnc1.